The summed E-state index contributed by atoms with van der Waals surface area (Å²) in [6, 6.07) is 2.01. The van der Waals surface area contributed by atoms with Crippen LogP contribution in [0.4, 0.5) is 0 Å². The third-order valence-corrected chi connectivity index (χ3v) is 6.31. The Morgan fingerprint density at radius 2 is 1.83 bits per heavy atom. The third-order valence-electron chi connectivity index (χ3n) is 6.31. The third kappa shape index (κ3) is 4.29. The first-order valence-corrected chi connectivity index (χ1v) is 10.6. The summed E-state index contributed by atoms with van der Waals surface area (Å²) in [4.78, 5) is 31.5. The molecule has 2 aliphatic carbocycles. The molecule has 1 saturated heterocycles. The van der Waals surface area contributed by atoms with E-state index in [2.05, 4.69) is 27.8 Å². The van der Waals surface area contributed by atoms with E-state index in [1.165, 1.54) is 4.90 Å². The number of aliphatic imine (C=N–C) groups is 1. The highest BCUT2D eigenvalue weighted by Crippen LogP contribution is 2.52. The van der Waals surface area contributed by atoms with E-state index in [1.807, 2.05) is 26.8 Å². The van der Waals surface area contributed by atoms with Gasteiger partial charge in [-0.15, -0.1) is 24.0 Å². The van der Waals surface area contributed by atoms with Crippen molar-refractivity contribution in [3.05, 3.63) is 35.3 Å². The molecule has 1 aromatic rings. The molecule has 0 spiro atoms. The quantitative estimate of drug-likeness (QED) is 0.143. The topological polar surface area (TPSA) is 86.9 Å². The van der Waals surface area contributed by atoms with Crippen molar-refractivity contribution < 1.29 is 14.0 Å². The van der Waals surface area contributed by atoms with Crippen LogP contribution in [0, 0.1) is 37.5 Å². The molecule has 4 rings (SSSR count). The van der Waals surface area contributed by atoms with Crippen LogP contribution in [-0.2, 0) is 16.1 Å². The van der Waals surface area contributed by atoms with Crippen LogP contribution < -0.4 is 10.6 Å². The summed E-state index contributed by atoms with van der Waals surface area (Å²) < 4.78 is 5.55. The molecule has 8 heteroatoms. The predicted octanol–water partition coefficient (Wildman–Crippen LogP) is 2.77. The highest BCUT2D eigenvalue weighted by atomic mass is 127. The molecule has 2 amide bonds. The largest absolute Gasteiger partial charge is 0.466 e. The molecule has 2 fully saturated rings. The van der Waals surface area contributed by atoms with Gasteiger partial charge in [0, 0.05) is 25.2 Å². The molecule has 30 heavy (non-hydrogen) atoms. The lowest BCUT2D eigenvalue weighted by Crippen LogP contribution is -2.40. The normalized spacial score (nSPS) is 26.9. The number of imide groups is 1. The van der Waals surface area contributed by atoms with Gasteiger partial charge in [0.25, 0.3) is 0 Å². The molecule has 4 atom stereocenters. The van der Waals surface area contributed by atoms with Crippen molar-refractivity contribution in [1.82, 2.24) is 15.5 Å². The summed E-state index contributed by atoms with van der Waals surface area (Å²) in [5.74, 6) is 2.90. The minimum Gasteiger partial charge on any atom is -0.466 e. The van der Waals surface area contributed by atoms with Gasteiger partial charge in [-0.05, 0) is 51.5 Å². The van der Waals surface area contributed by atoms with Gasteiger partial charge in [0.1, 0.15) is 11.5 Å². The molecule has 1 aliphatic heterocycles. The van der Waals surface area contributed by atoms with Crippen LogP contribution in [0.2, 0.25) is 0 Å². The van der Waals surface area contributed by atoms with Crippen LogP contribution in [0.5, 0.6) is 0 Å². The monoisotopic (exact) mass is 526 g/mol. The van der Waals surface area contributed by atoms with E-state index in [1.54, 1.807) is 0 Å². The second-order valence-corrected chi connectivity index (χ2v) is 8.24. The SMILES string of the molecule is CCNC(=NCc1cc(C)oc1C)NCCCN1C(=O)C2C3C=CC(C3)C2C1=O.I. The number of likely N-dealkylation sites (tertiary alicyclic amines) is 1. The van der Waals surface area contributed by atoms with Gasteiger partial charge in [0.15, 0.2) is 5.96 Å². The van der Waals surface area contributed by atoms with Gasteiger partial charge in [-0.25, -0.2) is 4.99 Å². The Morgan fingerprint density at radius 1 is 1.17 bits per heavy atom. The fraction of sp³-hybridized carbons (Fsp3) is 0.591. The predicted molar refractivity (Wildman–Crippen MR) is 125 cm³/mol. The summed E-state index contributed by atoms with van der Waals surface area (Å²) in [7, 11) is 0. The van der Waals surface area contributed by atoms with Crippen molar-refractivity contribution in [3.8, 4) is 0 Å². The van der Waals surface area contributed by atoms with Crippen molar-refractivity contribution >= 4 is 41.8 Å². The van der Waals surface area contributed by atoms with Gasteiger partial charge in [0.2, 0.25) is 11.8 Å². The van der Waals surface area contributed by atoms with Gasteiger partial charge < -0.3 is 15.1 Å². The number of furan rings is 1. The highest BCUT2D eigenvalue weighted by molar-refractivity contribution is 14.0. The molecule has 1 aromatic heterocycles. The molecule has 1 saturated carbocycles. The van der Waals surface area contributed by atoms with E-state index in [-0.39, 0.29) is 59.5 Å². The zero-order valence-corrected chi connectivity index (χ0v) is 20.1. The van der Waals surface area contributed by atoms with Crippen molar-refractivity contribution in [2.24, 2.45) is 28.7 Å². The highest BCUT2D eigenvalue weighted by Gasteiger charge is 2.58. The molecular formula is C22H31IN4O3. The lowest BCUT2D eigenvalue weighted by molar-refractivity contribution is -0.140. The summed E-state index contributed by atoms with van der Waals surface area (Å²) >= 11 is 0. The van der Waals surface area contributed by atoms with E-state index in [0.717, 1.165) is 36.0 Å². The fourth-order valence-corrected chi connectivity index (χ4v) is 4.97. The molecule has 2 heterocycles. The Hall–Kier alpha value is -1.84. The number of fused-ring (bicyclic) bond motifs is 5. The number of nitrogens with one attached hydrogen (secondary N) is 2. The minimum atomic E-state index is -0.106. The standard InChI is InChI=1S/C22H30N4O3.HI/c1-4-23-22(25-12-17-10-13(2)29-14(17)3)24-8-5-9-26-20(27)18-15-6-7-16(11-15)19(18)21(26)28;/h6-7,10,15-16,18-19H,4-5,8-9,11-12H2,1-3H3,(H2,23,24,25);1H. The first-order chi connectivity index (χ1) is 14.0. The molecule has 0 radical (unpaired) electrons. The molecule has 4 unspecified atom stereocenters. The Kier molecular flexibility index (Phi) is 7.26. The second-order valence-electron chi connectivity index (χ2n) is 8.24. The average Bonchev–Trinajstić information content (AvgIpc) is 3.43. The average molecular weight is 526 g/mol. The van der Waals surface area contributed by atoms with E-state index in [4.69, 9.17) is 4.42 Å². The van der Waals surface area contributed by atoms with Crippen molar-refractivity contribution in [2.45, 2.75) is 40.2 Å². The van der Waals surface area contributed by atoms with Crippen LogP contribution in [0.1, 0.15) is 36.8 Å². The van der Waals surface area contributed by atoms with Crippen LogP contribution in [0.3, 0.4) is 0 Å². The Bertz CT molecular complexity index is 833. The second kappa shape index (κ2) is 9.53. The maximum Gasteiger partial charge on any atom is 0.233 e. The Labute approximate surface area is 194 Å². The first kappa shape index (κ1) is 22.8. The smallest absolute Gasteiger partial charge is 0.233 e. The van der Waals surface area contributed by atoms with Crippen LogP contribution in [0.25, 0.3) is 0 Å². The van der Waals surface area contributed by atoms with E-state index < -0.39 is 0 Å². The number of halogens is 1. The number of amides is 2. The van der Waals surface area contributed by atoms with Crippen LogP contribution in [-0.4, -0.2) is 42.3 Å². The van der Waals surface area contributed by atoms with Crippen molar-refractivity contribution in [1.29, 1.82) is 0 Å². The number of guanidine groups is 1. The molecule has 0 aromatic carbocycles. The van der Waals surface area contributed by atoms with E-state index >= 15 is 0 Å². The Morgan fingerprint density at radius 3 is 2.40 bits per heavy atom. The number of carbonyl (C=O) groups is 2. The van der Waals surface area contributed by atoms with Gasteiger partial charge in [0.05, 0.1) is 18.4 Å². The van der Waals surface area contributed by atoms with Gasteiger partial charge in [-0.3, -0.25) is 14.5 Å². The number of rotatable bonds is 7. The molecule has 2 N–H and O–H groups in total. The molecule has 2 bridgehead atoms. The van der Waals surface area contributed by atoms with Gasteiger partial charge in [-0.1, -0.05) is 12.2 Å². The van der Waals surface area contributed by atoms with E-state index in [0.29, 0.717) is 26.1 Å². The first-order valence-electron chi connectivity index (χ1n) is 10.6. The van der Waals surface area contributed by atoms with Gasteiger partial charge >= 0.3 is 0 Å². The lowest BCUT2D eigenvalue weighted by atomic mass is 9.85. The molecule has 3 aliphatic rings. The maximum absolute atomic E-state index is 12.7. The number of hydrogen-bond acceptors (Lipinski definition) is 4. The van der Waals surface area contributed by atoms with Gasteiger partial charge in [-0.2, -0.15) is 0 Å². The zero-order chi connectivity index (χ0) is 20.5. The number of allylic oxidation sites excluding steroid dienone is 2. The fourth-order valence-electron chi connectivity index (χ4n) is 4.97. The van der Waals surface area contributed by atoms with Crippen molar-refractivity contribution in [3.63, 3.8) is 0 Å². The zero-order valence-electron chi connectivity index (χ0n) is 17.8. The molecule has 164 valence electrons. The molecular weight excluding hydrogens is 495 g/mol. The molecule has 7 nitrogen and oxygen atoms in total. The summed E-state index contributed by atoms with van der Waals surface area (Å²) in [5, 5.41) is 6.53. The summed E-state index contributed by atoms with van der Waals surface area (Å²) in [6.45, 7) is 8.31. The van der Waals surface area contributed by atoms with Crippen LogP contribution >= 0.6 is 24.0 Å². The van der Waals surface area contributed by atoms with Crippen LogP contribution in [0.15, 0.2) is 27.6 Å². The number of hydrogen-bond donors (Lipinski definition) is 2. The van der Waals surface area contributed by atoms with Crippen molar-refractivity contribution in [2.75, 3.05) is 19.6 Å². The summed E-state index contributed by atoms with van der Waals surface area (Å²) in [6.07, 6.45) is 5.93. The maximum atomic E-state index is 12.7. The number of aryl methyl sites for hydroxylation is 2. The summed E-state index contributed by atoms with van der Waals surface area (Å²) in [5.41, 5.74) is 1.07. The number of nitrogens with zero attached hydrogens (tertiary/aromatic N) is 2. The van der Waals surface area contributed by atoms with E-state index in [9.17, 15) is 9.59 Å². The Balaban J connectivity index is 0.00000256. The lowest BCUT2D eigenvalue weighted by Gasteiger charge is -2.18. The minimum absolute atomic E-state index is 0. The number of carbonyl (C=O) groups excluding carboxylic acids is 2.